The lowest BCUT2D eigenvalue weighted by Gasteiger charge is -2.36. The minimum Gasteiger partial charge on any atom is -0.508 e. The molecule has 1 aliphatic rings. The van der Waals surface area contributed by atoms with E-state index in [9.17, 15) is 13.5 Å². The van der Waals surface area contributed by atoms with Gasteiger partial charge >= 0.3 is 0 Å². The molecule has 0 aromatic carbocycles. The van der Waals surface area contributed by atoms with Crippen molar-refractivity contribution >= 4 is 10.0 Å². The van der Waals surface area contributed by atoms with Crippen molar-refractivity contribution in [3.8, 4) is 0 Å². The monoisotopic (exact) mass is 380 g/mol. The summed E-state index contributed by atoms with van der Waals surface area (Å²) >= 11 is 0. The molecule has 2 rings (SSSR count). The molecule has 9 heteroatoms. The number of hydrogen-bond donors (Lipinski definition) is 1. The zero-order chi connectivity index (χ0) is 19.3. The molecular weight excluding hydrogens is 356 g/mol. The van der Waals surface area contributed by atoms with Gasteiger partial charge in [0.1, 0.15) is 22.4 Å². The van der Waals surface area contributed by atoms with Crippen molar-refractivity contribution in [3.63, 3.8) is 0 Å². The van der Waals surface area contributed by atoms with Crippen LogP contribution in [0.1, 0.15) is 23.6 Å². The molecule has 0 radical (unpaired) electrons. The van der Waals surface area contributed by atoms with E-state index in [2.05, 4.69) is 28.1 Å². The van der Waals surface area contributed by atoms with Crippen LogP contribution in [0.3, 0.4) is 0 Å². The van der Waals surface area contributed by atoms with Crippen LogP contribution in [0.5, 0.6) is 0 Å². The van der Waals surface area contributed by atoms with Crippen LogP contribution in [0.15, 0.2) is 53.5 Å². The molecule has 1 aliphatic heterocycles. The van der Waals surface area contributed by atoms with Crippen molar-refractivity contribution in [2.45, 2.75) is 19.1 Å². The van der Waals surface area contributed by atoms with Gasteiger partial charge in [0.25, 0.3) is 0 Å². The topological polar surface area (TPSA) is 99.8 Å². The van der Waals surface area contributed by atoms with E-state index in [1.54, 1.807) is 19.9 Å². The molecule has 1 saturated heterocycles. The van der Waals surface area contributed by atoms with Crippen LogP contribution in [0.4, 0.5) is 0 Å². The molecule has 1 atom stereocenters. The first kappa shape index (κ1) is 19.9. The number of sulfonamides is 1. The number of rotatable bonds is 7. The van der Waals surface area contributed by atoms with Crippen LogP contribution in [-0.2, 0) is 10.0 Å². The highest BCUT2D eigenvalue weighted by Gasteiger charge is 2.35. The Bertz CT molecular complexity index is 818. The minimum absolute atomic E-state index is 0.0766. The minimum atomic E-state index is -3.55. The SMILES string of the molecule is C=C/C=C(O)\C=C/C(=C)N1CCN(S(=O)(=O)C(C)c2nonc2C)CC1. The zero-order valence-electron chi connectivity index (χ0n) is 15.0. The Morgan fingerprint density at radius 3 is 2.46 bits per heavy atom. The van der Waals surface area contributed by atoms with Crippen molar-refractivity contribution in [2.24, 2.45) is 0 Å². The summed E-state index contributed by atoms with van der Waals surface area (Å²) in [6.07, 6.45) is 6.16. The maximum absolute atomic E-state index is 12.8. The van der Waals surface area contributed by atoms with Crippen LogP contribution in [0.2, 0.25) is 0 Å². The van der Waals surface area contributed by atoms with Crippen molar-refractivity contribution in [2.75, 3.05) is 26.2 Å². The highest BCUT2D eigenvalue weighted by molar-refractivity contribution is 7.89. The summed E-state index contributed by atoms with van der Waals surface area (Å²) in [5, 5.41) is 16.1. The normalized spacial score (nSPS) is 18.2. The van der Waals surface area contributed by atoms with E-state index in [1.165, 1.54) is 22.5 Å². The van der Waals surface area contributed by atoms with Gasteiger partial charge in [-0.3, -0.25) is 0 Å². The molecule has 1 unspecified atom stereocenters. The van der Waals surface area contributed by atoms with E-state index in [-0.39, 0.29) is 5.76 Å². The lowest BCUT2D eigenvalue weighted by Crippen LogP contribution is -2.48. The number of hydrogen-bond acceptors (Lipinski definition) is 7. The van der Waals surface area contributed by atoms with E-state index in [0.717, 1.165) is 0 Å². The Morgan fingerprint density at radius 1 is 1.27 bits per heavy atom. The first-order valence-corrected chi connectivity index (χ1v) is 9.69. The zero-order valence-corrected chi connectivity index (χ0v) is 15.8. The van der Waals surface area contributed by atoms with Gasteiger partial charge in [-0.15, -0.1) is 0 Å². The predicted octanol–water partition coefficient (Wildman–Crippen LogP) is 2.08. The smallest absolute Gasteiger partial charge is 0.222 e. The number of nitrogens with zero attached hydrogens (tertiary/aromatic N) is 4. The van der Waals surface area contributed by atoms with E-state index < -0.39 is 15.3 Å². The summed E-state index contributed by atoms with van der Waals surface area (Å²) in [5.74, 6) is 0.0766. The third-order valence-electron chi connectivity index (χ3n) is 4.26. The summed E-state index contributed by atoms with van der Waals surface area (Å²) in [4.78, 5) is 1.97. The summed E-state index contributed by atoms with van der Waals surface area (Å²) in [5.41, 5.74) is 1.52. The van der Waals surface area contributed by atoms with Crippen molar-refractivity contribution in [3.05, 3.63) is 60.3 Å². The highest BCUT2D eigenvalue weighted by atomic mass is 32.2. The molecular formula is C17H24N4O4S. The molecule has 26 heavy (non-hydrogen) atoms. The van der Waals surface area contributed by atoms with Crippen molar-refractivity contribution < 1.29 is 18.2 Å². The molecule has 1 fully saturated rings. The second-order valence-electron chi connectivity index (χ2n) is 5.96. The molecule has 1 aromatic heterocycles. The number of aromatic nitrogens is 2. The Kier molecular flexibility index (Phi) is 6.38. The molecule has 0 bridgehead atoms. The molecule has 0 spiro atoms. The third-order valence-corrected chi connectivity index (χ3v) is 6.46. The van der Waals surface area contributed by atoms with Gasteiger partial charge in [0.05, 0.1) is 0 Å². The summed E-state index contributed by atoms with van der Waals surface area (Å²) in [7, 11) is -3.55. The average Bonchev–Trinajstić information content (AvgIpc) is 3.05. The first-order valence-electron chi connectivity index (χ1n) is 8.19. The van der Waals surface area contributed by atoms with Gasteiger partial charge in [0.15, 0.2) is 0 Å². The van der Waals surface area contributed by atoms with Crippen molar-refractivity contribution in [1.82, 2.24) is 19.5 Å². The Balaban J connectivity index is 1.99. The fraction of sp³-hybridized carbons (Fsp3) is 0.412. The molecule has 1 aromatic rings. The second-order valence-corrected chi connectivity index (χ2v) is 8.21. The number of aliphatic hydroxyl groups excluding tert-OH is 1. The van der Waals surface area contributed by atoms with Crippen LogP contribution in [-0.4, -0.2) is 59.2 Å². The van der Waals surface area contributed by atoms with E-state index in [4.69, 9.17) is 0 Å². The van der Waals surface area contributed by atoms with Gasteiger partial charge in [-0.05, 0) is 32.1 Å². The number of aliphatic hydroxyl groups is 1. The van der Waals surface area contributed by atoms with E-state index in [0.29, 0.717) is 43.3 Å². The van der Waals surface area contributed by atoms with Gasteiger partial charge in [0.2, 0.25) is 10.0 Å². The lowest BCUT2D eigenvalue weighted by molar-refractivity contribution is 0.233. The number of piperazine rings is 1. The lowest BCUT2D eigenvalue weighted by atomic mass is 10.3. The fourth-order valence-electron chi connectivity index (χ4n) is 2.66. The summed E-state index contributed by atoms with van der Waals surface area (Å²) < 4.78 is 31.7. The Labute approximate surface area is 153 Å². The molecule has 2 heterocycles. The molecule has 0 saturated carbocycles. The molecule has 1 N–H and O–H groups in total. The average molecular weight is 380 g/mol. The number of allylic oxidation sites excluding steroid dienone is 4. The fourth-order valence-corrected chi connectivity index (χ4v) is 4.28. The van der Waals surface area contributed by atoms with Gasteiger partial charge in [-0.1, -0.05) is 29.5 Å². The molecule has 8 nitrogen and oxygen atoms in total. The maximum Gasteiger partial charge on any atom is 0.222 e. The number of aryl methyl sites for hydroxylation is 1. The van der Waals surface area contributed by atoms with Gasteiger partial charge in [-0.2, -0.15) is 4.31 Å². The Hall–Kier alpha value is -2.39. The van der Waals surface area contributed by atoms with Crippen LogP contribution in [0, 0.1) is 6.92 Å². The van der Waals surface area contributed by atoms with Crippen molar-refractivity contribution in [1.29, 1.82) is 0 Å². The van der Waals surface area contributed by atoms with Gasteiger partial charge in [-0.25, -0.2) is 13.0 Å². The predicted molar refractivity (Wildman–Crippen MR) is 98.7 cm³/mol. The van der Waals surface area contributed by atoms with Gasteiger partial charge in [0, 0.05) is 31.9 Å². The quantitative estimate of drug-likeness (QED) is 0.571. The summed E-state index contributed by atoms with van der Waals surface area (Å²) in [6, 6.07) is 0. The molecule has 0 amide bonds. The Morgan fingerprint density at radius 2 is 1.92 bits per heavy atom. The molecule has 142 valence electrons. The van der Waals surface area contributed by atoms with Crippen LogP contribution < -0.4 is 0 Å². The van der Waals surface area contributed by atoms with Crippen LogP contribution >= 0.6 is 0 Å². The van der Waals surface area contributed by atoms with Gasteiger partial charge < -0.3 is 10.0 Å². The highest BCUT2D eigenvalue weighted by Crippen LogP contribution is 2.26. The van der Waals surface area contributed by atoms with E-state index >= 15 is 0 Å². The standard InChI is InChI=1S/C17H24N4O4S/c1-5-6-16(22)8-7-13(2)20-9-11-21(12-10-20)26(23,24)15(4)17-14(3)18-25-19-17/h5-8,15,22H,1-2,9-12H2,3-4H3/b8-7-,16-6+. The second kappa shape index (κ2) is 8.33. The maximum atomic E-state index is 12.8. The van der Waals surface area contributed by atoms with E-state index in [1.807, 2.05) is 4.90 Å². The third kappa shape index (κ3) is 4.41. The first-order chi connectivity index (χ1) is 12.3. The molecule has 0 aliphatic carbocycles. The van der Waals surface area contributed by atoms with Crippen LogP contribution in [0.25, 0.3) is 0 Å². The largest absolute Gasteiger partial charge is 0.508 e. The summed E-state index contributed by atoms with van der Waals surface area (Å²) in [6.45, 7) is 12.4.